The molecule has 2 amide bonds. The van der Waals surface area contributed by atoms with Gasteiger partial charge >= 0.3 is 30.0 Å². The summed E-state index contributed by atoms with van der Waals surface area (Å²) in [6.45, 7) is 8.18. The number of pyridine rings is 2. The van der Waals surface area contributed by atoms with Crippen LogP contribution in [0.4, 0.5) is 28.4 Å². The van der Waals surface area contributed by atoms with Crippen LogP contribution >= 0.6 is 37.5 Å². The topological polar surface area (TPSA) is 274 Å². The predicted molar refractivity (Wildman–Crippen MR) is 401 cm³/mol. The number of carbonyl (C=O) groups is 4. The molecule has 24 heteroatoms. The summed E-state index contributed by atoms with van der Waals surface area (Å²) in [5.41, 5.74) is 12.9. The Morgan fingerprint density at radius 1 is 0.584 bits per heavy atom. The van der Waals surface area contributed by atoms with E-state index >= 15 is 0 Å². The Kier molecular flexibility index (Phi) is 35.9. The van der Waals surface area contributed by atoms with Crippen molar-refractivity contribution >= 4 is 95.0 Å². The molecule has 2 aliphatic carbocycles. The Morgan fingerprint density at radius 3 is 1.49 bits per heavy atom. The number of nitro benzene ring substituents is 2. The van der Waals surface area contributed by atoms with Gasteiger partial charge in [-0.15, -0.1) is 12.1 Å². The summed E-state index contributed by atoms with van der Waals surface area (Å²) in [6, 6.07) is 58.0. The summed E-state index contributed by atoms with van der Waals surface area (Å²) >= 11 is 7.52. The van der Waals surface area contributed by atoms with Crippen molar-refractivity contribution in [1.29, 1.82) is 0 Å². The third-order valence-electron chi connectivity index (χ3n) is 15.6. The van der Waals surface area contributed by atoms with E-state index in [4.69, 9.17) is 28.6 Å². The zero-order valence-corrected chi connectivity index (χ0v) is 65.4. The maximum absolute atomic E-state index is 12.6. The minimum atomic E-state index is -0.833. The van der Waals surface area contributed by atoms with Gasteiger partial charge in [0, 0.05) is 112 Å². The first-order chi connectivity index (χ1) is 48.1. The van der Waals surface area contributed by atoms with Crippen molar-refractivity contribution < 1.29 is 84.8 Å². The molecule has 526 valence electrons. The van der Waals surface area contributed by atoms with Gasteiger partial charge in [-0.3, -0.25) is 49.4 Å². The molecule has 6 aromatic carbocycles. The molecule has 2 aliphatic rings. The van der Waals surface area contributed by atoms with Crippen LogP contribution < -0.4 is 20.8 Å². The summed E-state index contributed by atoms with van der Waals surface area (Å²) in [4.78, 5) is 74.0. The average molecular weight is 1660 g/mol. The molecule has 0 atom stereocenters. The number of non-ortho nitro benzene ring substituents is 2. The number of furan rings is 2. The van der Waals surface area contributed by atoms with E-state index in [0.29, 0.717) is 40.4 Å². The van der Waals surface area contributed by atoms with Crippen LogP contribution in [0, 0.1) is 34.1 Å². The molecule has 4 heterocycles. The van der Waals surface area contributed by atoms with Crippen LogP contribution in [-0.2, 0) is 52.8 Å². The molecular weight excluding hydrogens is 1580 g/mol. The van der Waals surface area contributed by atoms with E-state index in [1.54, 1.807) is 66.4 Å². The molecule has 12 rings (SSSR count). The number of nitro groups is 2. The number of aromatic nitrogens is 2. The van der Waals surface area contributed by atoms with Crippen LogP contribution in [0.1, 0.15) is 121 Å². The van der Waals surface area contributed by atoms with Crippen molar-refractivity contribution in [3.8, 4) is 33.8 Å². The normalized spacial score (nSPS) is 12.2. The van der Waals surface area contributed by atoms with Gasteiger partial charge in [-0.1, -0.05) is 144 Å². The fraction of sp³-hybridized carbons (Fsp3) is 0.234. The monoisotopic (exact) mass is 1650 g/mol. The fourth-order valence-corrected chi connectivity index (χ4v) is 15.6. The van der Waals surface area contributed by atoms with E-state index in [-0.39, 0.29) is 51.2 Å². The molecule has 101 heavy (non-hydrogen) atoms. The molecule has 0 saturated heterocycles. The van der Waals surface area contributed by atoms with Crippen LogP contribution in [0.15, 0.2) is 226 Å². The number of nitrogens with zero attached hydrogens (tertiary/aromatic N) is 5. The first-order valence-corrected chi connectivity index (χ1v) is 41.4. The Hall–Kier alpha value is -8.79. The van der Waals surface area contributed by atoms with Gasteiger partial charge in [-0.05, 0) is 136 Å². The molecule has 0 unspecified atom stereocenters. The Labute approximate surface area is 629 Å². The van der Waals surface area contributed by atoms with E-state index in [1.807, 2.05) is 66.7 Å². The Bertz CT molecular complexity index is 4230. The van der Waals surface area contributed by atoms with Crippen LogP contribution in [0.25, 0.3) is 33.8 Å². The SMILES string of the molecule is CC(=O)O.CC(=O)O.Cc1cccc(N(C)C)c1-c1ccccc1P(C1CCCCC1)C1CCCCC1.O=C(Nc1cncc(Br)c1)c1ccc(-c2cccc([N+](=O)[O-])c2)o1.O=C(Nc1cncc(Cc2ccccc2)c1)c1ccc(-c2cccc([N+](=O)[O-])c2)o1.[CH2-]c1ccccc1.[Pd].[Zn+][Br]. The van der Waals surface area contributed by atoms with Crippen molar-refractivity contribution in [2.75, 3.05) is 29.6 Å². The second-order valence-electron chi connectivity index (χ2n) is 23.4. The third-order valence-corrected chi connectivity index (χ3v) is 19.6. The van der Waals surface area contributed by atoms with Crippen molar-refractivity contribution in [3.05, 3.63) is 278 Å². The summed E-state index contributed by atoms with van der Waals surface area (Å²) in [5.74, 6) is -1.59. The number of amides is 2. The van der Waals surface area contributed by atoms with Crippen molar-refractivity contribution in [3.63, 3.8) is 0 Å². The van der Waals surface area contributed by atoms with Gasteiger partial charge in [0.2, 0.25) is 0 Å². The maximum atomic E-state index is 12.6. The summed E-state index contributed by atoms with van der Waals surface area (Å²) < 4.78 is 11.8. The quantitative estimate of drug-likeness (QED) is 0.0244. The number of anilines is 3. The Morgan fingerprint density at radius 2 is 1.03 bits per heavy atom. The van der Waals surface area contributed by atoms with E-state index in [2.05, 4.69) is 125 Å². The van der Waals surface area contributed by atoms with E-state index in [0.717, 1.165) is 46.3 Å². The van der Waals surface area contributed by atoms with Crippen molar-refractivity contribution in [2.24, 2.45) is 0 Å². The van der Waals surface area contributed by atoms with Gasteiger partial charge in [0.1, 0.15) is 11.5 Å². The molecule has 0 radical (unpaired) electrons. The van der Waals surface area contributed by atoms with E-state index < -0.39 is 33.6 Å². The first-order valence-electron chi connectivity index (χ1n) is 32.2. The molecule has 0 bridgehead atoms. The van der Waals surface area contributed by atoms with E-state index in [1.165, 1.54) is 146 Å². The third kappa shape index (κ3) is 27.6. The molecule has 0 spiro atoms. The second kappa shape index (κ2) is 43.8. The second-order valence-corrected chi connectivity index (χ2v) is 27.1. The molecule has 4 aromatic heterocycles. The van der Waals surface area contributed by atoms with Gasteiger partial charge in [0.25, 0.3) is 35.1 Å². The zero-order valence-electron chi connectivity index (χ0n) is 56.8. The summed E-state index contributed by atoms with van der Waals surface area (Å²) in [5, 5.41) is 43.8. The molecule has 10 aromatic rings. The molecule has 2 fully saturated rings. The number of halogens is 2. The first kappa shape index (κ1) is 82.9. The van der Waals surface area contributed by atoms with Crippen LogP contribution in [0.2, 0.25) is 0 Å². The van der Waals surface area contributed by atoms with Crippen molar-refractivity contribution in [1.82, 2.24) is 9.97 Å². The standard InChI is InChI=1S/C27H38NP.C23H17N3O4.C16H10BrN3O4.C7H7.2C2H4O2.BrH.Pd.Zn/c1-21-13-12-19-25(28(2)3)27(21)24-18-10-11-20-26(24)29(22-14-6-4-7-15-22)23-16-8-5-9-17-23;27-23(22-10-9-21(30-22)18-7-4-8-20(13-18)26(28)29)25-19-12-17(14-24-15-19)11-16-5-2-1-3-6-16;17-11-7-12(9-18-8-11)19-16(21)15-5-4-14(24-15)10-2-1-3-13(6-10)20(22)23;1-7-5-3-2-4-6-7;2*1-2(3)4;;;/h10-13,18-20,22-23H,4-9,14-17H2,1-3H3;1-10,12-15H,11H2,(H,25,27);1-9H,(H,19,21);2-6H,1H2;2*1H3,(H,3,4);1H;;/q;;;-1;;;;;+2/p-1. The molecule has 4 N–H and O–H groups in total. The zero-order chi connectivity index (χ0) is 72.5. The number of hydrogen-bond donors (Lipinski definition) is 4. The summed E-state index contributed by atoms with van der Waals surface area (Å²) in [6.07, 6.45) is 21.7. The van der Waals surface area contributed by atoms with Gasteiger partial charge in [-0.25, -0.2) is 0 Å². The van der Waals surface area contributed by atoms with Crippen LogP contribution in [-0.4, -0.2) is 79.2 Å². The number of carboxylic acid groups (broad SMARTS) is 2. The molecular formula is C77H80Br2N7O12PPdZn. The number of benzene rings is 6. The fourth-order valence-electron chi connectivity index (χ4n) is 11.3. The number of carbonyl (C=O) groups excluding carboxylic acids is 2. The van der Waals surface area contributed by atoms with Crippen molar-refractivity contribution in [2.45, 2.75) is 103 Å². The van der Waals surface area contributed by atoms with Crippen LogP contribution in [0.5, 0.6) is 0 Å². The average Bonchev–Trinajstić information content (AvgIpc) is 1.35. The molecule has 0 aliphatic heterocycles. The predicted octanol–water partition coefficient (Wildman–Crippen LogP) is 19.7. The number of hydrogen-bond acceptors (Lipinski definition) is 13. The number of aryl methyl sites for hydroxylation is 1. The number of rotatable bonds is 15. The molecule has 2 saturated carbocycles. The number of nitrogens with one attached hydrogen (secondary N) is 2. The Balaban J connectivity index is 0.000000244. The number of carboxylic acids is 2. The van der Waals surface area contributed by atoms with Gasteiger partial charge in [-0.2, -0.15) is 24.6 Å². The molecule has 19 nitrogen and oxygen atoms in total. The van der Waals surface area contributed by atoms with E-state index in [9.17, 15) is 29.8 Å². The number of aliphatic carboxylic acids is 2. The van der Waals surface area contributed by atoms with Gasteiger partial charge < -0.3 is 34.6 Å². The van der Waals surface area contributed by atoms with Crippen LogP contribution in [0.3, 0.4) is 0 Å². The minimum absolute atomic E-state index is 0. The summed E-state index contributed by atoms with van der Waals surface area (Å²) in [7, 11) is 4.27. The van der Waals surface area contributed by atoms with Gasteiger partial charge in [0.05, 0.1) is 33.6 Å². The van der Waals surface area contributed by atoms with Gasteiger partial charge in [0.15, 0.2) is 11.5 Å².